The summed E-state index contributed by atoms with van der Waals surface area (Å²) in [5, 5.41) is 2.98. The van der Waals surface area contributed by atoms with Gasteiger partial charge in [-0.05, 0) is 24.8 Å². The molecule has 0 fully saturated rings. The highest BCUT2D eigenvalue weighted by molar-refractivity contribution is 5.74. The Morgan fingerprint density at radius 1 is 1.36 bits per heavy atom. The summed E-state index contributed by atoms with van der Waals surface area (Å²) in [6.45, 7) is 11.1. The second-order valence-electron chi connectivity index (χ2n) is 6.97. The van der Waals surface area contributed by atoms with E-state index < -0.39 is 0 Å². The molecule has 2 aromatic rings. The Morgan fingerprint density at radius 3 is 2.84 bits per heavy atom. The van der Waals surface area contributed by atoms with Gasteiger partial charge in [-0.3, -0.25) is 0 Å². The topological polar surface area (TPSA) is 50.2 Å². The lowest BCUT2D eigenvalue weighted by Gasteiger charge is -2.25. The number of aromatic nitrogens is 2. The number of nitrogens with one attached hydrogen (secondary N) is 1. The maximum absolute atomic E-state index is 12.5. The van der Waals surface area contributed by atoms with Gasteiger partial charge in [-0.2, -0.15) is 0 Å². The average Bonchev–Trinajstić information content (AvgIpc) is 2.98. The largest absolute Gasteiger partial charge is 0.338 e. The normalized spacial score (nSPS) is 10.9. The first-order chi connectivity index (χ1) is 12.0. The summed E-state index contributed by atoms with van der Waals surface area (Å²) in [5.74, 6) is 1.32. The molecule has 0 unspecified atom stereocenters. The summed E-state index contributed by atoms with van der Waals surface area (Å²) in [6, 6.07) is 8.46. The van der Waals surface area contributed by atoms with Crippen molar-refractivity contribution < 1.29 is 4.79 Å². The Labute approximate surface area is 151 Å². The van der Waals surface area contributed by atoms with Crippen LogP contribution in [-0.2, 0) is 13.1 Å². The van der Waals surface area contributed by atoms with E-state index in [0.29, 0.717) is 25.6 Å². The molecule has 1 heterocycles. The van der Waals surface area contributed by atoms with Crippen molar-refractivity contribution >= 4 is 6.03 Å². The lowest BCUT2D eigenvalue weighted by molar-refractivity contribution is 0.185. The van der Waals surface area contributed by atoms with Crippen LogP contribution in [0, 0.1) is 12.8 Å². The molecule has 0 aliphatic rings. The Bertz CT molecular complexity index is 678. The zero-order chi connectivity index (χ0) is 18.2. The van der Waals surface area contributed by atoms with Gasteiger partial charge in [-0.15, -0.1) is 0 Å². The SMILES string of the molecule is CCCNC(=O)N(Cc1nccn1Cc1cccc(C)c1)CC(C)C. The number of urea groups is 1. The van der Waals surface area contributed by atoms with Gasteiger partial charge in [0.25, 0.3) is 0 Å². The van der Waals surface area contributed by atoms with Crippen molar-refractivity contribution in [2.24, 2.45) is 5.92 Å². The molecule has 0 atom stereocenters. The number of carbonyl (C=O) groups is 1. The minimum absolute atomic E-state index is 0.0133. The molecule has 0 radical (unpaired) electrons. The molecular formula is C20H30N4O. The summed E-state index contributed by atoms with van der Waals surface area (Å²) in [7, 11) is 0. The van der Waals surface area contributed by atoms with Crippen LogP contribution in [0.1, 0.15) is 44.1 Å². The minimum Gasteiger partial charge on any atom is -0.338 e. The van der Waals surface area contributed by atoms with Crippen molar-refractivity contribution in [1.82, 2.24) is 19.8 Å². The third-order valence-corrected chi connectivity index (χ3v) is 3.97. The molecule has 2 amide bonds. The fourth-order valence-corrected chi connectivity index (χ4v) is 2.82. The van der Waals surface area contributed by atoms with Crippen molar-refractivity contribution in [3.05, 3.63) is 53.6 Å². The number of benzene rings is 1. The average molecular weight is 342 g/mol. The predicted octanol–water partition coefficient (Wildman–Crippen LogP) is 3.82. The predicted molar refractivity (Wildman–Crippen MR) is 101 cm³/mol. The Balaban J connectivity index is 2.11. The maximum Gasteiger partial charge on any atom is 0.317 e. The number of nitrogens with zero attached hydrogens (tertiary/aromatic N) is 3. The molecule has 5 nitrogen and oxygen atoms in total. The lowest BCUT2D eigenvalue weighted by atomic mass is 10.1. The standard InChI is InChI=1S/C20H30N4O/c1-5-9-22-20(25)24(13-16(2)3)15-19-21-10-11-23(19)14-18-8-6-7-17(4)12-18/h6-8,10-12,16H,5,9,13-15H2,1-4H3,(H,22,25). The van der Waals surface area contributed by atoms with Gasteiger partial charge in [-0.1, -0.05) is 50.6 Å². The fraction of sp³-hybridized carbons (Fsp3) is 0.500. The fourth-order valence-electron chi connectivity index (χ4n) is 2.82. The van der Waals surface area contributed by atoms with E-state index in [1.54, 1.807) is 0 Å². The van der Waals surface area contributed by atoms with Crippen LogP contribution in [-0.4, -0.2) is 33.6 Å². The maximum atomic E-state index is 12.5. The number of hydrogen-bond acceptors (Lipinski definition) is 2. The number of amides is 2. The zero-order valence-electron chi connectivity index (χ0n) is 15.8. The molecule has 0 aliphatic heterocycles. The van der Waals surface area contributed by atoms with E-state index >= 15 is 0 Å². The van der Waals surface area contributed by atoms with Gasteiger partial charge in [0.15, 0.2) is 0 Å². The zero-order valence-corrected chi connectivity index (χ0v) is 15.8. The van der Waals surface area contributed by atoms with E-state index in [1.807, 2.05) is 17.3 Å². The third-order valence-electron chi connectivity index (χ3n) is 3.97. The smallest absolute Gasteiger partial charge is 0.317 e. The van der Waals surface area contributed by atoms with E-state index in [4.69, 9.17) is 0 Å². The number of aryl methyl sites for hydroxylation is 1. The van der Waals surface area contributed by atoms with Crippen LogP contribution in [0.3, 0.4) is 0 Å². The molecule has 0 spiro atoms. The molecule has 1 aromatic carbocycles. The Hall–Kier alpha value is -2.30. The van der Waals surface area contributed by atoms with E-state index in [1.165, 1.54) is 11.1 Å². The van der Waals surface area contributed by atoms with Gasteiger partial charge >= 0.3 is 6.03 Å². The van der Waals surface area contributed by atoms with Crippen molar-refractivity contribution in [3.8, 4) is 0 Å². The lowest BCUT2D eigenvalue weighted by Crippen LogP contribution is -2.42. The molecule has 1 aromatic heterocycles. The second kappa shape index (κ2) is 9.25. The van der Waals surface area contributed by atoms with E-state index in [9.17, 15) is 4.79 Å². The Morgan fingerprint density at radius 2 is 2.16 bits per heavy atom. The van der Waals surface area contributed by atoms with Crippen LogP contribution < -0.4 is 5.32 Å². The molecule has 0 bridgehead atoms. The third kappa shape index (κ3) is 5.93. The van der Waals surface area contributed by atoms with Gasteiger partial charge in [-0.25, -0.2) is 9.78 Å². The second-order valence-corrected chi connectivity index (χ2v) is 6.97. The van der Waals surface area contributed by atoms with Gasteiger partial charge in [0, 0.05) is 32.0 Å². The molecule has 0 saturated heterocycles. The van der Waals surface area contributed by atoms with Crippen LogP contribution in [0.15, 0.2) is 36.7 Å². The molecule has 0 saturated carbocycles. The summed E-state index contributed by atoms with van der Waals surface area (Å²) in [5.41, 5.74) is 2.49. The highest BCUT2D eigenvalue weighted by Crippen LogP contribution is 2.11. The van der Waals surface area contributed by atoms with Gasteiger partial charge in [0.1, 0.15) is 5.82 Å². The number of rotatable bonds is 8. The van der Waals surface area contributed by atoms with Crippen molar-refractivity contribution in [1.29, 1.82) is 0 Å². The molecular weight excluding hydrogens is 312 g/mol. The molecule has 1 N–H and O–H groups in total. The van der Waals surface area contributed by atoms with Crippen LogP contribution in [0.25, 0.3) is 0 Å². The van der Waals surface area contributed by atoms with Gasteiger partial charge in [0.05, 0.1) is 6.54 Å². The van der Waals surface area contributed by atoms with Crippen LogP contribution in [0.2, 0.25) is 0 Å². The molecule has 2 rings (SSSR count). The first kappa shape index (κ1) is 19.0. The first-order valence-corrected chi connectivity index (χ1v) is 9.08. The van der Waals surface area contributed by atoms with Gasteiger partial charge < -0.3 is 14.8 Å². The monoisotopic (exact) mass is 342 g/mol. The number of hydrogen-bond donors (Lipinski definition) is 1. The van der Waals surface area contributed by atoms with Crippen LogP contribution in [0.5, 0.6) is 0 Å². The summed E-state index contributed by atoms with van der Waals surface area (Å²) < 4.78 is 2.12. The van der Waals surface area contributed by atoms with E-state index in [0.717, 1.165) is 18.8 Å². The van der Waals surface area contributed by atoms with Crippen molar-refractivity contribution in [2.75, 3.05) is 13.1 Å². The van der Waals surface area contributed by atoms with Crippen molar-refractivity contribution in [2.45, 2.75) is 47.2 Å². The molecule has 136 valence electrons. The summed E-state index contributed by atoms with van der Waals surface area (Å²) in [6.07, 6.45) is 4.72. The van der Waals surface area contributed by atoms with E-state index in [-0.39, 0.29) is 6.03 Å². The minimum atomic E-state index is -0.0133. The molecule has 0 aliphatic carbocycles. The van der Waals surface area contributed by atoms with Crippen molar-refractivity contribution in [3.63, 3.8) is 0 Å². The van der Waals surface area contributed by atoms with E-state index in [2.05, 4.69) is 66.8 Å². The van der Waals surface area contributed by atoms with Crippen LogP contribution >= 0.6 is 0 Å². The summed E-state index contributed by atoms with van der Waals surface area (Å²) >= 11 is 0. The summed E-state index contributed by atoms with van der Waals surface area (Å²) in [4.78, 5) is 18.8. The van der Waals surface area contributed by atoms with Crippen LogP contribution in [0.4, 0.5) is 4.79 Å². The Kier molecular flexibility index (Phi) is 7.04. The first-order valence-electron chi connectivity index (χ1n) is 9.08. The quantitative estimate of drug-likeness (QED) is 0.793. The highest BCUT2D eigenvalue weighted by Gasteiger charge is 2.17. The molecule has 25 heavy (non-hydrogen) atoms. The highest BCUT2D eigenvalue weighted by atomic mass is 16.2. The number of imidazole rings is 1. The number of carbonyl (C=O) groups excluding carboxylic acids is 1. The van der Waals surface area contributed by atoms with Gasteiger partial charge in [0.2, 0.25) is 0 Å². The molecule has 5 heteroatoms.